The Morgan fingerprint density at radius 3 is 2.26 bits per heavy atom. The van der Waals surface area contributed by atoms with Crippen molar-refractivity contribution in [3.8, 4) is 0 Å². The molecule has 0 atom stereocenters. The monoisotopic (exact) mass is 355 g/mol. The van der Waals surface area contributed by atoms with E-state index in [0.29, 0.717) is 5.69 Å². The zero-order valence-electron chi connectivity index (χ0n) is 13.4. The number of hydrogen-bond acceptors (Lipinski definition) is 2. The molecule has 2 aromatic carbocycles. The fraction of sp³-hybridized carbons (Fsp3) is 0.294. The molecular formula is C17H19ClFNO2S. The van der Waals surface area contributed by atoms with E-state index in [1.807, 2.05) is 19.1 Å². The quantitative estimate of drug-likeness (QED) is 0.852. The van der Waals surface area contributed by atoms with Crippen LogP contribution < -0.4 is 4.72 Å². The van der Waals surface area contributed by atoms with Gasteiger partial charge in [-0.2, -0.15) is 0 Å². The highest BCUT2D eigenvalue weighted by atomic mass is 35.5. The molecule has 2 aromatic rings. The first kappa shape index (κ1) is 17.8. The highest BCUT2D eigenvalue weighted by Gasteiger charge is 2.20. The summed E-state index contributed by atoms with van der Waals surface area (Å²) in [5, 5.41) is -0.151. The number of sulfonamides is 1. The summed E-state index contributed by atoms with van der Waals surface area (Å²) in [6.07, 6.45) is 0. The van der Waals surface area contributed by atoms with Crippen molar-refractivity contribution in [3.05, 3.63) is 58.4 Å². The normalized spacial score (nSPS) is 12.3. The van der Waals surface area contributed by atoms with Crippen molar-refractivity contribution in [3.63, 3.8) is 0 Å². The maximum atomic E-state index is 13.1. The molecule has 0 bridgehead atoms. The Kier molecular flexibility index (Phi) is 4.74. The second-order valence-electron chi connectivity index (χ2n) is 6.46. The molecule has 6 heteroatoms. The van der Waals surface area contributed by atoms with E-state index in [1.54, 1.807) is 6.07 Å². The number of aryl methyl sites for hydroxylation is 1. The molecule has 3 nitrogen and oxygen atoms in total. The van der Waals surface area contributed by atoms with Crippen LogP contribution >= 0.6 is 11.6 Å². The van der Waals surface area contributed by atoms with Gasteiger partial charge in [0.05, 0.1) is 10.7 Å². The van der Waals surface area contributed by atoms with Gasteiger partial charge in [0.2, 0.25) is 0 Å². The highest BCUT2D eigenvalue weighted by Crippen LogP contribution is 2.29. The molecular weight excluding hydrogens is 337 g/mol. The number of benzene rings is 2. The minimum atomic E-state index is -3.88. The van der Waals surface area contributed by atoms with Gasteiger partial charge in [-0.05, 0) is 47.7 Å². The van der Waals surface area contributed by atoms with E-state index in [9.17, 15) is 12.8 Å². The van der Waals surface area contributed by atoms with E-state index in [0.717, 1.165) is 29.3 Å². The van der Waals surface area contributed by atoms with Gasteiger partial charge in [-0.15, -0.1) is 0 Å². The minimum absolute atomic E-state index is 0.0254. The van der Waals surface area contributed by atoms with Gasteiger partial charge in [0.25, 0.3) is 10.0 Å². The molecule has 0 aromatic heterocycles. The van der Waals surface area contributed by atoms with Crippen LogP contribution in [-0.2, 0) is 15.4 Å². The molecule has 0 fully saturated rings. The van der Waals surface area contributed by atoms with Gasteiger partial charge in [0, 0.05) is 0 Å². The summed E-state index contributed by atoms with van der Waals surface area (Å²) < 4.78 is 40.5. The highest BCUT2D eigenvalue weighted by molar-refractivity contribution is 7.92. The SMILES string of the molecule is Cc1cc(C(C)(C)C)ccc1NS(=O)(=O)c1ccc(F)cc1Cl. The zero-order chi connectivity index (χ0) is 17.4. The Labute approximate surface area is 141 Å². The van der Waals surface area contributed by atoms with E-state index in [2.05, 4.69) is 25.5 Å². The average molecular weight is 356 g/mol. The molecule has 0 spiro atoms. The van der Waals surface area contributed by atoms with Crippen molar-refractivity contribution in [1.82, 2.24) is 0 Å². The number of anilines is 1. The predicted octanol–water partition coefficient (Wildman–Crippen LogP) is 4.89. The van der Waals surface area contributed by atoms with Crippen LogP contribution in [0.3, 0.4) is 0 Å². The van der Waals surface area contributed by atoms with Crippen LogP contribution in [0, 0.1) is 12.7 Å². The summed E-state index contributed by atoms with van der Waals surface area (Å²) in [5.41, 5.74) is 2.36. The van der Waals surface area contributed by atoms with E-state index < -0.39 is 15.8 Å². The van der Waals surface area contributed by atoms with Gasteiger partial charge in [-0.3, -0.25) is 4.72 Å². The molecule has 0 saturated heterocycles. The van der Waals surface area contributed by atoms with Gasteiger partial charge in [-0.1, -0.05) is 44.5 Å². The number of rotatable bonds is 3. The molecule has 0 unspecified atom stereocenters. The predicted molar refractivity (Wildman–Crippen MR) is 92.1 cm³/mol. The molecule has 2 rings (SSSR count). The number of hydrogen-bond donors (Lipinski definition) is 1. The summed E-state index contributed by atoms with van der Waals surface area (Å²) in [5.74, 6) is -0.584. The van der Waals surface area contributed by atoms with Gasteiger partial charge >= 0.3 is 0 Å². The molecule has 0 aliphatic heterocycles. The first-order valence-electron chi connectivity index (χ1n) is 7.10. The summed E-state index contributed by atoms with van der Waals surface area (Å²) in [4.78, 5) is -0.153. The summed E-state index contributed by atoms with van der Waals surface area (Å²) in [7, 11) is -3.88. The van der Waals surface area contributed by atoms with Gasteiger partial charge < -0.3 is 0 Å². The Hall–Kier alpha value is -1.59. The Balaban J connectivity index is 2.38. The molecule has 23 heavy (non-hydrogen) atoms. The third kappa shape index (κ3) is 4.03. The molecule has 0 heterocycles. The molecule has 0 aliphatic rings. The van der Waals surface area contributed by atoms with E-state index in [4.69, 9.17) is 11.6 Å². The Morgan fingerprint density at radius 1 is 1.09 bits per heavy atom. The van der Waals surface area contributed by atoms with Crippen LogP contribution in [0.4, 0.5) is 10.1 Å². The second-order valence-corrected chi connectivity index (χ2v) is 8.52. The minimum Gasteiger partial charge on any atom is -0.279 e. The molecule has 0 saturated carbocycles. The lowest BCUT2D eigenvalue weighted by Crippen LogP contribution is -2.16. The Bertz CT molecular complexity index is 842. The fourth-order valence-corrected chi connectivity index (χ4v) is 3.80. The molecule has 0 radical (unpaired) electrons. The molecule has 0 aliphatic carbocycles. The largest absolute Gasteiger partial charge is 0.279 e. The summed E-state index contributed by atoms with van der Waals surface area (Å²) in [6.45, 7) is 8.09. The van der Waals surface area contributed by atoms with Crippen molar-refractivity contribution in [1.29, 1.82) is 0 Å². The topological polar surface area (TPSA) is 46.2 Å². The van der Waals surface area contributed by atoms with Crippen molar-refractivity contribution in [2.24, 2.45) is 0 Å². The van der Waals surface area contributed by atoms with Crippen LogP contribution in [0.2, 0.25) is 5.02 Å². The Morgan fingerprint density at radius 2 is 1.74 bits per heavy atom. The zero-order valence-corrected chi connectivity index (χ0v) is 15.0. The summed E-state index contributed by atoms with van der Waals surface area (Å²) in [6, 6.07) is 8.76. The molecule has 0 amide bonds. The molecule has 1 N–H and O–H groups in total. The maximum absolute atomic E-state index is 13.1. The lowest BCUT2D eigenvalue weighted by molar-refractivity contribution is 0.590. The van der Waals surface area contributed by atoms with Gasteiger partial charge in [-0.25, -0.2) is 12.8 Å². The van der Waals surface area contributed by atoms with Gasteiger partial charge in [0.15, 0.2) is 0 Å². The van der Waals surface area contributed by atoms with Crippen LogP contribution in [0.25, 0.3) is 0 Å². The van der Waals surface area contributed by atoms with E-state index in [1.165, 1.54) is 0 Å². The maximum Gasteiger partial charge on any atom is 0.263 e. The summed E-state index contributed by atoms with van der Waals surface area (Å²) >= 11 is 5.85. The van der Waals surface area contributed by atoms with Crippen molar-refractivity contribution < 1.29 is 12.8 Å². The lowest BCUT2D eigenvalue weighted by Gasteiger charge is -2.21. The lowest BCUT2D eigenvalue weighted by atomic mass is 9.86. The fourth-order valence-electron chi connectivity index (χ4n) is 2.14. The van der Waals surface area contributed by atoms with Crippen molar-refractivity contribution in [2.45, 2.75) is 38.0 Å². The van der Waals surface area contributed by atoms with Crippen LogP contribution in [0.15, 0.2) is 41.3 Å². The first-order valence-corrected chi connectivity index (χ1v) is 8.96. The van der Waals surface area contributed by atoms with Crippen LogP contribution in [0.1, 0.15) is 31.9 Å². The third-order valence-electron chi connectivity index (χ3n) is 3.52. The first-order chi connectivity index (χ1) is 10.5. The van der Waals surface area contributed by atoms with Gasteiger partial charge in [0.1, 0.15) is 10.7 Å². The number of nitrogens with one attached hydrogen (secondary N) is 1. The van der Waals surface area contributed by atoms with Crippen LogP contribution in [-0.4, -0.2) is 8.42 Å². The van der Waals surface area contributed by atoms with E-state index in [-0.39, 0.29) is 15.3 Å². The van der Waals surface area contributed by atoms with Crippen LogP contribution in [0.5, 0.6) is 0 Å². The third-order valence-corrected chi connectivity index (χ3v) is 5.37. The number of halogens is 2. The second kappa shape index (κ2) is 6.13. The van der Waals surface area contributed by atoms with E-state index >= 15 is 0 Å². The standard InChI is InChI=1S/C17H19ClFNO2S/c1-11-9-12(17(2,3)4)5-7-15(11)20-23(21,22)16-8-6-13(19)10-14(16)18/h5-10,20H,1-4H3. The average Bonchev–Trinajstić information content (AvgIpc) is 2.39. The van der Waals surface area contributed by atoms with Crippen molar-refractivity contribution in [2.75, 3.05) is 4.72 Å². The molecule has 124 valence electrons. The smallest absolute Gasteiger partial charge is 0.263 e. The van der Waals surface area contributed by atoms with Crippen molar-refractivity contribution >= 4 is 27.3 Å².